The average Bonchev–Trinajstić information content (AvgIpc) is 2.58. The summed E-state index contributed by atoms with van der Waals surface area (Å²) in [5.74, 6) is 0.267. The molecule has 1 aromatic rings. The zero-order valence-corrected chi connectivity index (χ0v) is 17.2. The van der Waals surface area contributed by atoms with Crippen LogP contribution in [-0.4, -0.2) is 35.6 Å². The Bertz CT molecular complexity index is 624. The lowest BCUT2D eigenvalue weighted by molar-refractivity contribution is -0.154. The van der Waals surface area contributed by atoms with E-state index in [4.69, 9.17) is 27.4 Å². The quantitative estimate of drug-likeness (QED) is 0.340. The summed E-state index contributed by atoms with van der Waals surface area (Å²) >= 11 is 4.88. The van der Waals surface area contributed by atoms with Gasteiger partial charge in [-0.25, -0.2) is 0 Å². The predicted octanol–water partition coefficient (Wildman–Crippen LogP) is 3.11. The first-order valence-corrected chi connectivity index (χ1v) is 9.59. The minimum absolute atomic E-state index is 0.0366. The van der Waals surface area contributed by atoms with Crippen molar-refractivity contribution in [1.82, 2.24) is 5.32 Å². The van der Waals surface area contributed by atoms with Crippen molar-refractivity contribution in [2.45, 2.75) is 58.5 Å². The predicted molar refractivity (Wildman–Crippen MR) is 110 cm³/mol. The van der Waals surface area contributed by atoms with Crippen molar-refractivity contribution in [2.24, 2.45) is 5.73 Å². The lowest BCUT2D eigenvalue weighted by Crippen LogP contribution is -2.29. The van der Waals surface area contributed by atoms with Gasteiger partial charge in [0.25, 0.3) is 5.91 Å². The van der Waals surface area contributed by atoms with E-state index in [-0.39, 0.29) is 18.5 Å². The maximum atomic E-state index is 11.8. The fourth-order valence-electron chi connectivity index (χ4n) is 2.28. The van der Waals surface area contributed by atoms with Crippen LogP contribution in [0.4, 0.5) is 0 Å². The highest BCUT2D eigenvalue weighted by Crippen LogP contribution is 2.12. The van der Waals surface area contributed by atoms with E-state index < -0.39 is 5.60 Å². The number of ether oxygens (including phenoxy) is 2. The normalized spacial score (nSPS) is 10.9. The Morgan fingerprint density at radius 2 is 1.70 bits per heavy atom. The molecule has 0 heterocycles. The molecular weight excluding hydrogens is 364 g/mol. The molecule has 1 rings (SSSR count). The van der Waals surface area contributed by atoms with Gasteiger partial charge in [0.1, 0.15) is 16.3 Å². The molecule has 0 aromatic heterocycles. The Hall–Kier alpha value is -2.15. The molecule has 0 aliphatic heterocycles. The van der Waals surface area contributed by atoms with Crippen molar-refractivity contribution >= 4 is 29.1 Å². The van der Waals surface area contributed by atoms with Crippen LogP contribution >= 0.6 is 12.2 Å². The van der Waals surface area contributed by atoms with Crippen LogP contribution < -0.4 is 15.8 Å². The largest absolute Gasteiger partial charge is 0.484 e. The number of thiocarbonyl (C=S) groups is 1. The number of rotatable bonds is 11. The Morgan fingerprint density at radius 3 is 2.30 bits per heavy atom. The summed E-state index contributed by atoms with van der Waals surface area (Å²) in [7, 11) is 0. The molecule has 0 saturated carbocycles. The molecule has 0 radical (unpaired) electrons. The van der Waals surface area contributed by atoms with Crippen LogP contribution in [-0.2, 0) is 14.3 Å². The van der Waals surface area contributed by atoms with Crippen LogP contribution in [0, 0.1) is 0 Å². The van der Waals surface area contributed by atoms with E-state index in [0.29, 0.717) is 23.7 Å². The fourth-order valence-corrected chi connectivity index (χ4v) is 2.42. The number of nitrogens with two attached hydrogens (primary N) is 1. The van der Waals surface area contributed by atoms with Gasteiger partial charge in [0, 0.05) is 18.5 Å². The first-order chi connectivity index (χ1) is 12.7. The van der Waals surface area contributed by atoms with Gasteiger partial charge in [0.05, 0.1) is 0 Å². The van der Waals surface area contributed by atoms with E-state index in [1.165, 1.54) is 0 Å². The number of carbonyl (C=O) groups excluding carboxylic acids is 2. The van der Waals surface area contributed by atoms with Crippen LogP contribution in [0.2, 0.25) is 0 Å². The molecule has 0 bridgehead atoms. The van der Waals surface area contributed by atoms with Gasteiger partial charge in [-0.2, -0.15) is 0 Å². The highest BCUT2D eigenvalue weighted by atomic mass is 32.1. The molecule has 6 nitrogen and oxygen atoms in total. The van der Waals surface area contributed by atoms with E-state index in [2.05, 4.69) is 5.32 Å². The number of hydrogen-bond donors (Lipinski definition) is 2. The van der Waals surface area contributed by atoms with Gasteiger partial charge >= 0.3 is 5.97 Å². The molecule has 0 atom stereocenters. The van der Waals surface area contributed by atoms with Crippen LogP contribution in [0.3, 0.4) is 0 Å². The number of benzene rings is 1. The molecule has 1 amide bonds. The number of nitrogens with one attached hydrogen (secondary N) is 1. The fraction of sp³-hybridized carbons (Fsp3) is 0.550. The van der Waals surface area contributed by atoms with Gasteiger partial charge in [-0.05, 0) is 57.9 Å². The lowest BCUT2D eigenvalue weighted by Gasteiger charge is -2.19. The Morgan fingerprint density at radius 1 is 1.07 bits per heavy atom. The van der Waals surface area contributed by atoms with Gasteiger partial charge < -0.3 is 20.5 Å². The summed E-state index contributed by atoms with van der Waals surface area (Å²) < 4.78 is 10.7. The van der Waals surface area contributed by atoms with Crippen molar-refractivity contribution in [3.05, 3.63) is 29.8 Å². The molecule has 3 N–H and O–H groups in total. The van der Waals surface area contributed by atoms with Gasteiger partial charge in [0.15, 0.2) is 6.61 Å². The SMILES string of the molecule is CC(C)(C)OC(=O)CCCCCCNC(=O)COc1ccc(C(N)=S)cc1. The third kappa shape index (κ3) is 11.2. The standard InChI is InChI=1S/C20H30N2O4S/c1-20(2,3)26-18(24)8-6-4-5-7-13-22-17(23)14-25-16-11-9-15(10-12-16)19(21)27/h9-12H,4-8,13-14H2,1-3H3,(H2,21,27)(H,22,23). The summed E-state index contributed by atoms with van der Waals surface area (Å²) in [6, 6.07) is 6.97. The number of unbranched alkanes of at least 4 members (excludes halogenated alkanes) is 3. The maximum absolute atomic E-state index is 11.8. The second-order valence-electron chi connectivity index (χ2n) is 7.28. The summed E-state index contributed by atoms with van der Waals surface area (Å²) in [6.07, 6.45) is 3.98. The van der Waals surface area contributed by atoms with Crippen molar-refractivity contribution in [2.75, 3.05) is 13.2 Å². The minimum Gasteiger partial charge on any atom is -0.484 e. The molecule has 7 heteroatoms. The van der Waals surface area contributed by atoms with Gasteiger partial charge in [-0.15, -0.1) is 0 Å². The third-order valence-corrected chi connectivity index (χ3v) is 3.79. The smallest absolute Gasteiger partial charge is 0.306 e. The van der Waals surface area contributed by atoms with Gasteiger partial charge in [0.2, 0.25) is 0 Å². The molecular formula is C20H30N2O4S. The Kier molecular flexibility index (Phi) is 9.78. The van der Waals surface area contributed by atoms with Crippen LogP contribution in [0.1, 0.15) is 58.4 Å². The number of esters is 1. The Balaban J connectivity index is 2.05. The number of amides is 1. The molecule has 0 unspecified atom stereocenters. The van der Waals surface area contributed by atoms with E-state index in [1.807, 2.05) is 20.8 Å². The summed E-state index contributed by atoms with van der Waals surface area (Å²) in [6.45, 7) is 6.14. The first kappa shape index (κ1) is 22.9. The van der Waals surface area contributed by atoms with E-state index in [0.717, 1.165) is 31.2 Å². The minimum atomic E-state index is -0.428. The average molecular weight is 395 g/mol. The molecule has 150 valence electrons. The second kappa shape index (κ2) is 11.5. The molecule has 0 aliphatic carbocycles. The summed E-state index contributed by atoms with van der Waals surface area (Å²) in [5.41, 5.74) is 5.86. The second-order valence-corrected chi connectivity index (χ2v) is 7.72. The highest BCUT2D eigenvalue weighted by Gasteiger charge is 2.15. The maximum Gasteiger partial charge on any atom is 0.306 e. The zero-order valence-electron chi connectivity index (χ0n) is 16.4. The molecule has 0 spiro atoms. The summed E-state index contributed by atoms with van der Waals surface area (Å²) in [4.78, 5) is 23.7. The van der Waals surface area contributed by atoms with E-state index in [9.17, 15) is 9.59 Å². The van der Waals surface area contributed by atoms with Crippen LogP contribution in [0.15, 0.2) is 24.3 Å². The molecule has 1 aromatic carbocycles. The number of hydrogen-bond acceptors (Lipinski definition) is 5. The topological polar surface area (TPSA) is 90.6 Å². The van der Waals surface area contributed by atoms with Crippen molar-refractivity contribution in [3.63, 3.8) is 0 Å². The monoisotopic (exact) mass is 394 g/mol. The van der Waals surface area contributed by atoms with Gasteiger partial charge in [-0.1, -0.05) is 25.1 Å². The first-order valence-electron chi connectivity index (χ1n) is 9.18. The molecule has 0 saturated heterocycles. The van der Waals surface area contributed by atoms with Crippen LogP contribution in [0.5, 0.6) is 5.75 Å². The third-order valence-electron chi connectivity index (χ3n) is 3.56. The van der Waals surface area contributed by atoms with Crippen molar-refractivity contribution in [3.8, 4) is 5.75 Å². The van der Waals surface area contributed by atoms with E-state index in [1.54, 1.807) is 24.3 Å². The molecule has 0 fully saturated rings. The zero-order chi connectivity index (χ0) is 20.3. The van der Waals surface area contributed by atoms with Gasteiger partial charge in [-0.3, -0.25) is 9.59 Å². The highest BCUT2D eigenvalue weighted by molar-refractivity contribution is 7.80. The van der Waals surface area contributed by atoms with E-state index >= 15 is 0 Å². The molecule has 27 heavy (non-hydrogen) atoms. The lowest BCUT2D eigenvalue weighted by atomic mass is 10.1. The summed E-state index contributed by atoms with van der Waals surface area (Å²) in [5, 5.41) is 2.82. The van der Waals surface area contributed by atoms with Crippen molar-refractivity contribution < 1.29 is 19.1 Å². The Labute approximate surface area is 166 Å². The number of carbonyl (C=O) groups is 2. The molecule has 0 aliphatic rings. The van der Waals surface area contributed by atoms with Crippen molar-refractivity contribution in [1.29, 1.82) is 0 Å². The van der Waals surface area contributed by atoms with Crippen LogP contribution in [0.25, 0.3) is 0 Å².